The van der Waals surface area contributed by atoms with Crippen LogP contribution in [0.4, 0.5) is 17.1 Å². The number of anilines is 3. The fourth-order valence-corrected chi connectivity index (χ4v) is 6.66. The molecule has 0 amide bonds. The van der Waals surface area contributed by atoms with E-state index in [0.717, 1.165) is 61.4 Å². The van der Waals surface area contributed by atoms with Gasteiger partial charge in [0.25, 0.3) is 0 Å². The molecule has 4 heterocycles. The van der Waals surface area contributed by atoms with Gasteiger partial charge in [0.1, 0.15) is 11.3 Å². The molecule has 0 saturated heterocycles. The first-order valence-electron chi connectivity index (χ1n) is 15.8. The van der Waals surface area contributed by atoms with Crippen molar-refractivity contribution < 1.29 is 0 Å². The van der Waals surface area contributed by atoms with Crippen molar-refractivity contribution >= 4 is 50.0 Å². The summed E-state index contributed by atoms with van der Waals surface area (Å²) in [6.07, 6.45) is 5.97. The number of hydrogen-bond acceptors (Lipinski definition) is 3. The Balaban J connectivity index is 1.18. The van der Waals surface area contributed by atoms with E-state index in [0.29, 0.717) is 0 Å². The molecule has 0 aliphatic carbocycles. The van der Waals surface area contributed by atoms with Crippen molar-refractivity contribution in [2.75, 3.05) is 4.90 Å². The van der Waals surface area contributed by atoms with Crippen LogP contribution < -0.4 is 4.90 Å². The Morgan fingerprint density at radius 3 is 1.70 bits per heavy atom. The average molecular weight is 604 g/mol. The highest BCUT2D eigenvalue weighted by Gasteiger charge is 2.19. The summed E-state index contributed by atoms with van der Waals surface area (Å²) in [6.45, 7) is 0. The number of fused-ring (bicyclic) bond motifs is 5. The zero-order chi connectivity index (χ0) is 31.2. The topological polar surface area (TPSA) is 38.9 Å². The third-order valence-corrected chi connectivity index (χ3v) is 8.85. The van der Waals surface area contributed by atoms with Crippen molar-refractivity contribution in [3.8, 4) is 22.5 Å². The van der Waals surface area contributed by atoms with Gasteiger partial charge in [0.2, 0.25) is 0 Å². The van der Waals surface area contributed by atoms with Crippen molar-refractivity contribution in [3.05, 3.63) is 176 Å². The van der Waals surface area contributed by atoms with Crippen LogP contribution in [0.2, 0.25) is 0 Å². The Kier molecular flexibility index (Phi) is 6.39. The van der Waals surface area contributed by atoms with Crippen molar-refractivity contribution in [1.82, 2.24) is 19.1 Å². The van der Waals surface area contributed by atoms with Crippen LogP contribution in [0.5, 0.6) is 0 Å². The summed E-state index contributed by atoms with van der Waals surface area (Å²) < 4.78 is 4.44. The highest BCUT2D eigenvalue weighted by molar-refractivity contribution is 6.16. The Morgan fingerprint density at radius 2 is 1.02 bits per heavy atom. The van der Waals surface area contributed by atoms with E-state index in [1.165, 1.54) is 11.1 Å². The number of para-hydroxylation sites is 2. The zero-order valence-electron chi connectivity index (χ0n) is 25.5. The SMILES string of the molecule is c1ccc(-c2ccc(-n3ccc4c3ncc3c5cccnc5n(-c5ccc(N(c6ccccc6)c6ccccc6)cc5)c34)cc2)cc1. The molecule has 9 aromatic rings. The van der Waals surface area contributed by atoms with Crippen LogP contribution >= 0.6 is 0 Å². The fraction of sp³-hybridized carbons (Fsp3) is 0. The Hall–Kier alpha value is -6.46. The van der Waals surface area contributed by atoms with Crippen LogP contribution in [0, 0.1) is 0 Å². The Labute approximate surface area is 272 Å². The molecule has 0 aliphatic heterocycles. The molecule has 0 bridgehead atoms. The summed E-state index contributed by atoms with van der Waals surface area (Å²) in [4.78, 5) is 12.2. The lowest BCUT2D eigenvalue weighted by Crippen LogP contribution is -2.09. The van der Waals surface area contributed by atoms with E-state index in [-0.39, 0.29) is 0 Å². The van der Waals surface area contributed by atoms with Gasteiger partial charge in [0, 0.05) is 63.2 Å². The summed E-state index contributed by atoms with van der Waals surface area (Å²) in [5.41, 5.74) is 10.7. The lowest BCUT2D eigenvalue weighted by atomic mass is 10.1. The van der Waals surface area contributed by atoms with Gasteiger partial charge < -0.3 is 9.47 Å². The maximum absolute atomic E-state index is 5.00. The number of pyridine rings is 2. The van der Waals surface area contributed by atoms with Gasteiger partial charge in [-0.05, 0) is 90.0 Å². The highest BCUT2D eigenvalue weighted by atomic mass is 15.1. The predicted octanol–water partition coefficient (Wildman–Crippen LogP) is 10.7. The number of rotatable bonds is 6. The molecule has 9 rings (SSSR count). The van der Waals surface area contributed by atoms with Crippen molar-refractivity contribution in [2.45, 2.75) is 0 Å². The van der Waals surface area contributed by atoms with Gasteiger partial charge in [-0.15, -0.1) is 0 Å². The molecule has 222 valence electrons. The van der Waals surface area contributed by atoms with Crippen molar-refractivity contribution in [3.63, 3.8) is 0 Å². The molecule has 0 spiro atoms. The first kappa shape index (κ1) is 26.9. The number of aromatic nitrogens is 4. The molecule has 0 saturated carbocycles. The van der Waals surface area contributed by atoms with Gasteiger partial charge in [-0.3, -0.25) is 4.57 Å². The second-order valence-corrected chi connectivity index (χ2v) is 11.6. The Morgan fingerprint density at radius 1 is 0.426 bits per heavy atom. The number of hydrogen-bond donors (Lipinski definition) is 0. The number of nitrogens with zero attached hydrogens (tertiary/aromatic N) is 5. The van der Waals surface area contributed by atoms with Gasteiger partial charge >= 0.3 is 0 Å². The zero-order valence-corrected chi connectivity index (χ0v) is 25.5. The van der Waals surface area contributed by atoms with Crippen LogP contribution in [0.1, 0.15) is 0 Å². The van der Waals surface area contributed by atoms with Gasteiger partial charge in [-0.25, -0.2) is 9.97 Å². The monoisotopic (exact) mass is 603 g/mol. The molecule has 0 atom stereocenters. The highest BCUT2D eigenvalue weighted by Crippen LogP contribution is 2.38. The van der Waals surface area contributed by atoms with E-state index in [1.807, 2.05) is 36.7 Å². The average Bonchev–Trinajstić information content (AvgIpc) is 3.73. The summed E-state index contributed by atoms with van der Waals surface area (Å²) in [5.74, 6) is 0. The third kappa shape index (κ3) is 4.56. The predicted molar refractivity (Wildman–Crippen MR) is 193 cm³/mol. The van der Waals surface area contributed by atoms with Crippen LogP contribution in [0.15, 0.2) is 176 Å². The quantitative estimate of drug-likeness (QED) is 0.190. The van der Waals surface area contributed by atoms with E-state index in [4.69, 9.17) is 9.97 Å². The molecule has 4 aromatic heterocycles. The van der Waals surface area contributed by atoms with Crippen molar-refractivity contribution in [1.29, 1.82) is 0 Å². The minimum absolute atomic E-state index is 0.907. The van der Waals surface area contributed by atoms with E-state index < -0.39 is 0 Å². The van der Waals surface area contributed by atoms with Gasteiger partial charge in [-0.2, -0.15) is 0 Å². The summed E-state index contributed by atoms with van der Waals surface area (Å²) >= 11 is 0. The molecule has 5 nitrogen and oxygen atoms in total. The summed E-state index contributed by atoms with van der Waals surface area (Å²) in [6, 6.07) is 55.1. The normalized spacial score (nSPS) is 11.4. The minimum Gasteiger partial charge on any atom is -0.311 e. The van der Waals surface area contributed by atoms with E-state index in [9.17, 15) is 0 Å². The smallest absolute Gasteiger partial charge is 0.146 e. The number of benzene rings is 5. The minimum atomic E-state index is 0.907. The van der Waals surface area contributed by atoms with Gasteiger partial charge in [0.15, 0.2) is 0 Å². The second-order valence-electron chi connectivity index (χ2n) is 11.6. The fourth-order valence-electron chi connectivity index (χ4n) is 6.66. The molecule has 0 aliphatic rings. The van der Waals surface area contributed by atoms with E-state index in [2.05, 4.69) is 154 Å². The van der Waals surface area contributed by atoms with Gasteiger partial charge in [0.05, 0.1) is 5.52 Å². The first-order chi connectivity index (χ1) is 23.3. The van der Waals surface area contributed by atoms with Gasteiger partial charge in [-0.1, -0.05) is 78.9 Å². The maximum atomic E-state index is 5.00. The lowest BCUT2D eigenvalue weighted by molar-refractivity contribution is 1.09. The Bertz CT molecular complexity index is 2440. The van der Waals surface area contributed by atoms with Crippen LogP contribution in [0.3, 0.4) is 0 Å². The molecule has 0 unspecified atom stereocenters. The molecular weight excluding hydrogens is 574 g/mol. The molecular formula is C42H29N5. The molecule has 5 heteroatoms. The first-order valence-corrected chi connectivity index (χ1v) is 15.8. The summed E-state index contributed by atoms with van der Waals surface area (Å²) in [7, 11) is 0. The van der Waals surface area contributed by atoms with Crippen LogP contribution in [-0.4, -0.2) is 19.1 Å². The van der Waals surface area contributed by atoms with Crippen LogP contribution in [0.25, 0.3) is 55.5 Å². The molecule has 5 aromatic carbocycles. The standard InChI is InChI=1S/C42H29N5/c1-4-11-30(12-5-1)31-18-20-32(21-19-31)45-28-26-38-40-39(29-44-41(38)45)37-17-10-27-43-42(37)47(40)36-24-22-35(23-25-36)46(33-13-6-2-7-14-33)34-15-8-3-9-16-34/h1-29H. The van der Waals surface area contributed by atoms with E-state index in [1.54, 1.807) is 0 Å². The molecule has 0 N–H and O–H groups in total. The second kappa shape index (κ2) is 11.2. The van der Waals surface area contributed by atoms with Crippen LogP contribution in [-0.2, 0) is 0 Å². The maximum Gasteiger partial charge on any atom is 0.146 e. The molecule has 47 heavy (non-hydrogen) atoms. The molecule has 0 fully saturated rings. The third-order valence-electron chi connectivity index (χ3n) is 8.85. The molecule has 0 radical (unpaired) electrons. The van der Waals surface area contributed by atoms with Crippen molar-refractivity contribution in [2.24, 2.45) is 0 Å². The van der Waals surface area contributed by atoms with E-state index >= 15 is 0 Å². The largest absolute Gasteiger partial charge is 0.311 e. The lowest BCUT2D eigenvalue weighted by Gasteiger charge is -2.25. The summed E-state index contributed by atoms with van der Waals surface area (Å²) in [5, 5.41) is 3.24.